The number of rotatable bonds is 11. The van der Waals surface area contributed by atoms with Crippen LogP contribution in [0.2, 0.25) is 0 Å². The predicted octanol–water partition coefficient (Wildman–Crippen LogP) is 2.37. The molecule has 0 amide bonds. The molecule has 0 aromatic rings. The number of Topliss-reactive ketones (excluding diaryl/α,β-unsaturated/α-hetero) is 2. The highest BCUT2D eigenvalue weighted by Gasteiger charge is 2.58. The Balaban J connectivity index is 2.20. The number of hydrogen-bond acceptors (Lipinski definition) is 9. The van der Waals surface area contributed by atoms with Crippen molar-refractivity contribution in [3.63, 3.8) is 0 Å². The van der Waals surface area contributed by atoms with E-state index in [9.17, 15) is 34.2 Å². The molecule has 9 heteroatoms. The normalized spacial score (nSPS) is 29.2. The zero-order chi connectivity index (χ0) is 26.8. The number of aliphatic hydroxyl groups excluding tert-OH is 2. The highest BCUT2D eigenvalue weighted by atomic mass is 16.6. The summed E-state index contributed by atoms with van der Waals surface area (Å²) in [6.07, 6.45) is 2.64. The second kappa shape index (κ2) is 11.2. The quantitative estimate of drug-likeness (QED) is 0.246. The molecule has 198 valence electrons. The molecule has 3 unspecified atom stereocenters. The molecule has 0 radical (unpaired) electrons. The summed E-state index contributed by atoms with van der Waals surface area (Å²) in [6.45, 7) is 5.30. The minimum absolute atomic E-state index is 0.000916. The van der Waals surface area contributed by atoms with E-state index in [1.165, 1.54) is 13.0 Å². The van der Waals surface area contributed by atoms with E-state index in [0.717, 1.165) is 26.4 Å². The van der Waals surface area contributed by atoms with Gasteiger partial charge in [-0.15, -0.1) is 0 Å². The van der Waals surface area contributed by atoms with Gasteiger partial charge in [-0.25, -0.2) is 9.59 Å². The van der Waals surface area contributed by atoms with Crippen LogP contribution >= 0.6 is 0 Å². The van der Waals surface area contributed by atoms with Gasteiger partial charge in [0.05, 0.1) is 29.6 Å². The number of esters is 3. The van der Waals surface area contributed by atoms with Crippen LogP contribution in [-0.4, -0.2) is 59.0 Å². The summed E-state index contributed by atoms with van der Waals surface area (Å²) in [6, 6.07) is 0. The lowest BCUT2D eigenvalue weighted by molar-refractivity contribution is -0.153. The summed E-state index contributed by atoms with van der Waals surface area (Å²) in [5, 5.41) is 21.5. The molecule has 6 atom stereocenters. The minimum Gasteiger partial charge on any atom is -0.468 e. The summed E-state index contributed by atoms with van der Waals surface area (Å²) in [5.74, 6) is -6.71. The third-order valence-corrected chi connectivity index (χ3v) is 7.82. The summed E-state index contributed by atoms with van der Waals surface area (Å²) >= 11 is 0. The lowest BCUT2D eigenvalue weighted by Gasteiger charge is -2.40. The molecule has 3 aliphatic rings. The van der Waals surface area contributed by atoms with Crippen molar-refractivity contribution in [3.05, 3.63) is 22.8 Å². The van der Waals surface area contributed by atoms with Crippen molar-refractivity contribution in [2.45, 2.75) is 84.3 Å². The molecule has 1 aliphatic heterocycles. The van der Waals surface area contributed by atoms with Gasteiger partial charge in [0.15, 0.2) is 11.6 Å². The number of methoxy groups -OCH3 is 1. The minimum atomic E-state index is -1.66. The Labute approximate surface area is 210 Å². The van der Waals surface area contributed by atoms with Gasteiger partial charge in [0, 0.05) is 17.9 Å². The largest absolute Gasteiger partial charge is 0.468 e. The van der Waals surface area contributed by atoms with E-state index in [1.54, 1.807) is 6.92 Å². The second-order valence-electron chi connectivity index (χ2n) is 10.2. The molecule has 0 fully saturated rings. The van der Waals surface area contributed by atoms with Crippen LogP contribution in [0.3, 0.4) is 0 Å². The van der Waals surface area contributed by atoms with E-state index in [1.807, 2.05) is 0 Å². The van der Waals surface area contributed by atoms with Crippen LogP contribution in [-0.2, 0) is 33.4 Å². The fourth-order valence-electron chi connectivity index (χ4n) is 5.85. The van der Waals surface area contributed by atoms with Gasteiger partial charge in [-0.3, -0.25) is 14.4 Å². The van der Waals surface area contributed by atoms with Crippen LogP contribution in [0.4, 0.5) is 0 Å². The number of ketones is 2. The predicted molar refractivity (Wildman–Crippen MR) is 127 cm³/mol. The molecule has 2 bridgehead atoms. The molecule has 1 heterocycles. The van der Waals surface area contributed by atoms with Crippen LogP contribution in [0.1, 0.15) is 72.1 Å². The number of fused-ring (bicyclic) bond motifs is 3. The third-order valence-electron chi connectivity index (χ3n) is 7.82. The Kier molecular flexibility index (Phi) is 8.67. The summed E-state index contributed by atoms with van der Waals surface area (Å²) in [5.41, 5.74) is -1.76. The fourth-order valence-corrected chi connectivity index (χ4v) is 5.85. The van der Waals surface area contributed by atoms with Gasteiger partial charge in [0.2, 0.25) is 0 Å². The molecule has 0 aromatic heterocycles. The van der Waals surface area contributed by atoms with Gasteiger partial charge in [-0.05, 0) is 25.7 Å². The maximum atomic E-state index is 13.9. The Hall–Kier alpha value is -2.65. The maximum absolute atomic E-state index is 13.9. The second-order valence-corrected chi connectivity index (χ2v) is 10.2. The molecule has 0 aromatic carbocycles. The number of hydrogen-bond donors (Lipinski definition) is 2. The maximum Gasteiger partial charge on any atom is 0.343 e. The molecule has 2 aliphatic carbocycles. The smallest absolute Gasteiger partial charge is 0.343 e. The van der Waals surface area contributed by atoms with Gasteiger partial charge >= 0.3 is 17.9 Å². The monoisotopic (exact) mass is 504 g/mol. The Bertz CT molecular complexity index is 1010. The van der Waals surface area contributed by atoms with Crippen LogP contribution in [0.15, 0.2) is 22.8 Å². The van der Waals surface area contributed by atoms with Crippen molar-refractivity contribution in [2.75, 3.05) is 7.11 Å². The number of ether oxygens (including phenoxy) is 2. The van der Waals surface area contributed by atoms with Crippen molar-refractivity contribution < 1.29 is 43.7 Å². The van der Waals surface area contributed by atoms with Crippen LogP contribution < -0.4 is 0 Å². The molecule has 36 heavy (non-hydrogen) atoms. The number of unbranched alkanes of at least 4 members (excludes halogenated alkanes) is 3. The molecule has 2 N–H and O–H groups in total. The van der Waals surface area contributed by atoms with Gasteiger partial charge in [0.25, 0.3) is 0 Å². The Morgan fingerprint density at radius 1 is 1.11 bits per heavy atom. The first-order valence-electron chi connectivity index (χ1n) is 12.8. The molecular formula is C27H36O9. The fraction of sp³-hybridized carbons (Fsp3) is 0.667. The van der Waals surface area contributed by atoms with E-state index in [0.29, 0.717) is 19.3 Å². The van der Waals surface area contributed by atoms with Crippen LogP contribution in [0.25, 0.3) is 0 Å². The molecule has 0 saturated heterocycles. The van der Waals surface area contributed by atoms with Crippen LogP contribution in [0.5, 0.6) is 0 Å². The summed E-state index contributed by atoms with van der Waals surface area (Å²) in [7, 11) is 1.16. The molecular weight excluding hydrogens is 468 g/mol. The molecule has 0 spiro atoms. The van der Waals surface area contributed by atoms with E-state index in [-0.39, 0.29) is 29.6 Å². The third kappa shape index (κ3) is 4.83. The van der Waals surface area contributed by atoms with E-state index < -0.39 is 64.9 Å². The molecule has 0 saturated carbocycles. The summed E-state index contributed by atoms with van der Waals surface area (Å²) in [4.78, 5) is 65.3. The van der Waals surface area contributed by atoms with Crippen molar-refractivity contribution in [2.24, 2.45) is 23.2 Å². The average Bonchev–Trinajstić information content (AvgIpc) is 3.09. The first-order valence-corrected chi connectivity index (χ1v) is 12.8. The SMILES string of the molecule is CCCCCCC1C2C(=O)C(=CC1[C@@H](O)C(=O)[C@H](O)CCC)[C@](C)(C(=O)OC)CC1=C2C(=O)OC1=O. The van der Waals surface area contributed by atoms with Gasteiger partial charge in [-0.2, -0.15) is 0 Å². The van der Waals surface area contributed by atoms with Crippen LogP contribution in [0, 0.1) is 23.2 Å². The first kappa shape index (κ1) is 27.9. The average molecular weight is 505 g/mol. The number of cyclic esters (lactones) is 2. The van der Waals surface area contributed by atoms with Crippen molar-refractivity contribution in [1.29, 1.82) is 0 Å². The molecule has 3 rings (SSSR count). The Morgan fingerprint density at radius 2 is 1.81 bits per heavy atom. The Morgan fingerprint density at radius 3 is 2.42 bits per heavy atom. The number of carbonyl (C=O) groups excluding carboxylic acids is 5. The highest BCUT2D eigenvalue weighted by Crippen LogP contribution is 2.53. The topological polar surface area (TPSA) is 144 Å². The van der Waals surface area contributed by atoms with E-state index >= 15 is 0 Å². The molecule has 9 nitrogen and oxygen atoms in total. The van der Waals surface area contributed by atoms with E-state index in [2.05, 4.69) is 6.92 Å². The zero-order valence-corrected chi connectivity index (χ0v) is 21.4. The number of carbonyl (C=O) groups is 5. The van der Waals surface area contributed by atoms with Crippen molar-refractivity contribution >= 4 is 29.5 Å². The summed E-state index contributed by atoms with van der Waals surface area (Å²) < 4.78 is 9.84. The number of aliphatic hydroxyl groups is 2. The van der Waals surface area contributed by atoms with Gasteiger partial charge in [0.1, 0.15) is 12.2 Å². The van der Waals surface area contributed by atoms with Gasteiger partial charge in [-0.1, -0.05) is 52.0 Å². The van der Waals surface area contributed by atoms with Crippen molar-refractivity contribution in [1.82, 2.24) is 0 Å². The first-order chi connectivity index (χ1) is 17.0. The van der Waals surface area contributed by atoms with Gasteiger partial charge < -0.3 is 19.7 Å². The standard InChI is InChI=1S/C27H36O9/c1-5-7-8-9-11-14-15(21(29)23(31)18(28)10-6-2)12-17-22(30)19(14)20-16(24(32)36-25(20)33)13-27(17,3)26(34)35-4/h12,14-15,18-19,21,28-29H,5-11,13H2,1-4H3/t14?,15?,18-,19?,21-,27-/m1/s1. The van der Waals surface area contributed by atoms with Crippen molar-refractivity contribution in [3.8, 4) is 0 Å². The lowest BCUT2D eigenvalue weighted by Crippen LogP contribution is -2.48. The lowest BCUT2D eigenvalue weighted by atomic mass is 9.62. The highest BCUT2D eigenvalue weighted by molar-refractivity contribution is 6.19. The zero-order valence-electron chi connectivity index (χ0n) is 21.4. The van der Waals surface area contributed by atoms with E-state index in [4.69, 9.17) is 9.47 Å².